The summed E-state index contributed by atoms with van der Waals surface area (Å²) in [6, 6.07) is 11.4. The first-order valence-corrected chi connectivity index (χ1v) is 8.61. The molecule has 2 aromatic rings. The van der Waals surface area contributed by atoms with Gasteiger partial charge < -0.3 is 18.9 Å². The second kappa shape index (κ2) is 8.43. The zero-order valence-electron chi connectivity index (χ0n) is 16.2. The lowest BCUT2D eigenvalue weighted by Crippen LogP contribution is -2.01. The largest absolute Gasteiger partial charge is 0.496 e. The first kappa shape index (κ1) is 19.2. The molecule has 0 aliphatic carbocycles. The summed E-state index contributed by atoms with van der Waals surface area (Å²) in [4.78, 5) is 16.4. The minimum absolute atomic E-state index is 0.175. The van der Waals surface area contributed by atoms with E-state index in [9.17, 15) is 4.79 Å². The van der Waals surface area contributed by atoms with Crippen molar-refractivity contribution in [3.63, 3.8) is 0 Å². The summed E-state index contributed by atoms with van der Waals surface area (Å²) in [7, 11) is 4.62. The Kier molecular flexibility index (Phi) is 5.79. The zero-order valence-corrected chi connectivity index (χ0v) is 16.2. The molecule has 144 valence electrons. The molecular formula is C22H21NO5. The quantitative estimate of drug-likeness (QED) is 0.560. The third-order valence-corrected chi connectivity index (χ3v) is 4.16. The molecule has 0 saturated carbocycles. The third-order valence-electron chi connectivity index (χ3n) is 4.16. The van der Waals surface area contributed by atoms with Crippen molar-refractivity contribution in [1.82, 2.24) is 0 Å². The van der Waals surface area contributed by atoms with E-state index in [1.807, 2.05) is 37.3 Å². The van der Waals surface area contributed by atoms with Gasteiger partial charge in [0.25, 0.3) is 0 Å². The molecule has 3 rings (SSSR count). The van der Waals surface area contributed by atoms with Gasteiger partial charge in [0.05, 0.1) is 21.3 Å². The van der Waals surface area contributed by atoms with E-state index in [0.29, 0.717) is 22.8 Å². The highest BCUT2D eigenvalue weighted by Gasteiger charge is 2.22. The van der Waals surface area contributed by atoms with E-state index >= 15 is 0 Å². The first-order valence-electron chi connectivity index (χ1n) is 8.61. The maximum absolute atomic E-state index is 12.2. The first-order chi connectivity index (χ1) is 13.5. The van der Waals surface area contributed by atoms with Gasteiger partial charge in [-0.2, -0.15) is 0 Å². The molecule has 1 heterocycles. The highest BCUT2D eigenvalue weighted by atomic mass is 16.6. The lowest BCUT2D eigenvalue weighted by molar-refractivity contribution is -0.129. The van der Waals surface area contributed by atoms with Crippen LogP contribution in [0.15, 0.2) is 53.2 Å². The number of aryl methyl sites for hydroxylation is 1. The maximum atomic E-state index is 12.2. The normalized spacial score (nSPS) is 14.9. The zero-order chi connectivity index (χ0) is 20.1. The Hall–Kier alpha value is -3.54. The van der Waals surface area contributed by atoms with Crippen LogP contribution in [0, 0.1) is 6.92 Å². The summed E-state index contributed by atoms with van der Waals surface area (Å²) in [5.41, 5.74) is 2.97. The molecule has 1 aliphatic rings. The molecule has 28 heavy (non-hydrogen) atoms. The van der Waals surface area contributed by atoms with Gasteiger partial charge in [-0.05, 0) is 30.7 Å². The lowest BCUT2D eigenvalue weighted by Gasteiger charge is -2.12. The van der Waals surface area contributed by atoms with Crippen molar-refractivity contribution >= 4 is 24.0 Å². The van der Waals surface area contributed by atoms with Gasteiger partial charge in [0.1, 0.15) is 5.75 Å². The number of hydrogen-bond acceptors (Lipinski definition) is 6. The van der Waals surface area contributed by atoms with Crippen molar-refractivity contribution in [3.8, 4) is 17.2 Å². The minimum Gasteiger partial charge on any atom is -0.496 e. The fourth-order valence-electron chi connectivity index (χ4n) is 2.65. The standard InChI is InChI=1S/C22H21NO5/c1-14-5-7-15(8-6-14)9-10-21-23-17(22(24)28-21)11-16-12-19(26-3)20(27-4)13-18(16)25-2/h5-13H,1-4H3/b10-9+,17-11+. The molecule has 0 fully saturated rings. The van der Waals surface area contributed by atoms with E-state index in [-0.39, 0.29) is 11.6 Å². The molecule has 2 aromatic carbocycles. The van der Waals surface area contributed by atoms with Crippen LogP contribution in [0.3, 0.4) is 0 Å². The van der Waals surface area contributed by atoms with Gasteiger partial charge in [-0.25, -0.2) is 9.79 Å². The molecule has 0 bridgehead atoms. The van der Waals surface area contributed by atoms with Crippen molar-refractivity contribution in [3.05, 3.63) is 64.9 Å². The van der Waals surface area contributed by atoms with Gasteiger partial charge in [-0.15, -0.1) is 0 Å². The second-order valence-corrected chi connectivity index (χ2v) is 6.06. The number of rotatable bonds is 6. The van der Waals surface area contributed by atoms with Gasteiger partial charge in [-0.1, -0.05) is 29.8 Å². The van der Waals surface area contributed by atoms with E-state index in [4.69, 9.17) is 18.9 Å². The Morgan fingerprint density at radius 1 is 0.893 bits per heavy atom. The number of esters is 1. The summed E-state index contributed by atoms with van der Waals surface area (Å²) in [5.74, 6) is 1.28. The number of cyclic esters (lactones) is 1. The summed E-state index contributed by atoms with van der Waals surface area (Å²) >= 11 is 0. The predicted octanol–water partition coefficient (Wildman–Crippen LogP) is 4.03. The van der Waals surface area contributed by atoms with Gasteiger partial charge in [0.2, 0.25) is 5.90 Å². The maximum Gasteiger partial charge on any atom is 0.363 e. The SMILES string of the molecule is COc1cc(OC)c(OC)cc1/C=C1N=C(/C=C/c2ccc(C)cc2)OC/1=O. The Bertz CT molecular complexity index is 971. The Morgan fingerprint density at radius 2 is 1.54 bits per heavy atom. The molecular weight excluding hydrogens is 358 g/mol. The Morgan fingerprint density at radius 3 is 2.18 bits per heavy atom. The predicted molar refractivity (Wildman–Crippen MR) is 108 cm³/mol. The molecule has 0 atom stereocenters. The fraction of sp³-hybridized carbons (Fsp3) is 0.182. The van der Waals surface area contributed by atoms with E-state index < -0.39 is 5.97 Å². The number of nitrogens with zero attached hydrogens (tertiary/aromatic N) is 1. The van der Waals surface area contributed by atoms with Gasteiger partial charge in [0, 0.05) is 17.7 Å². The molecule has 0 N–H and O–H groups in total. The molecule has 0 aromatic heterocycles. The number of carbonyl (C=O) groups excluding carboxylic acids is 1. The van der Waals surface area contributed by atoms with Crippen LogP contribution in [-0.4, -0.2) is 33.2 Å². The van der Waals surface area contributed by atoms with Crippen molar-refractivity contribution in [2.24, 2.45) is 4.99 Å². The summed E-state index contributed by atoms with van der Waals surface area (Å²) in [5, 5.41) is 0. The molecule has 6 heteroatoms. The van der Waals surface area contributed by atoms with E-state index in [2.05, 4.69) is 4.99 Å². The Balaban J connectivity index is 1.89. The molecule has 0 unspecified atom stereocenters. The Labute approximate surface area is 163 Å². The van der Waals surface area contributed by atoms with E-state index in [1.54, 1.807) is 31.4 Å². The van der Waals surface area contributed by atoms with Crippen LogP contribution < -0.4 is 14.2 Å². The number of hydrogen-bond donors (Lipinski definition) is 0. The molecule has 6 nitrogen and oxygen atoms in total. The number of aliphatic imine (C=N–C) groups is 1. The van der Waals surface area contributed by atoms with E-state index in [0.717, 1.165) is 5.56 Å². The second-order valence-electron chi connectivity index (χ2n) is 6.06. The lowest BCUT2D eigenvalue weighted by atomic mass is 10.1. The number of ether oxygens (including phenoxy) is 4. The number of methoxy groups -OCH3 is 3. The summed E-state index contributed by atoms with van der Waals surface area (Å²) in [6.45, 7) is 2.02. The van der Waals surface area contributed by atoms with Gasteiger partial charge in [0.15, 0.2) is 17.2 Å². The summed E-state index contributed by atoms with van der Waals surface area (Å²) in [6.07, 6.45) is 5.09. The average Bonchev–Trinajstić information content (AvgIpc) is 3.06. The smallest absolute Gasteiger partial charge is 0.363 e. The van der Waals surface area contributed by atoms with Crippen LogP contribution in [0.4, 0.5) is 0 Å². The molecule has 0 spiro atoms. The average molecular weight is 379 g/mol. The van der Waals surface area contributed by atoms with Crippen LogP contribution in [-0.2, 0) is 9.53 Å². The van der Waals surface area contributed by atoms with Crippen LogP contribution in [0.1, 0.15) is 16.7 Å². The van der Waals surface area contributed by atoms with Crippen molar-refractivity contribution in [2.45, 2.75) is 6.92 Å². The molecule has 1 aliphatic heterocycles. The highest BCUT2D eigenvalue weighted by Crippen LogP contribution is 2.36. The molecule has 0 saturated heterocycles. The van der Waals surface area contributed by atoms with Crippen molar-refractivity contribution in [1.29, 1.82) is 0 Å². The molecule has 0 amide bonds. The topological polar surface area (TPSA) is 66.3 Å². The fourth-order valence-corrected chi connectivity index (χ4v) is 2.65. The molecule has 0 radical (unpaired) electrons. The number of benzene rings is 2. The van der Waals surface area contributed by atoms with Crippen LogP contribution in [0.2, 0.25) is 0 Å². The van der Waals surface area contributed by atoms with Crippen LogP contribution in [0.25, 0.3) is 12.2 Å². The van der Waals surface area contributed by atoms with Crippen LogP contribution >= 0.6 is 0 Å². The monoisotopic (exact) mass is 379 g/mol. The summed E-state index contributed by atoms with van der Waals surface area (Å²) < 4.78 is 21.2. The third kappa shape index (κ3) is 4.23. The van der Waals surface area contributed by atoms with Gasteiger partial charge >= 0.3 is 5.97 Å². The van der Waals surface area contributed by atoms with Gasteiger partial charge in [-0.3, -0.25) is 0 Å². The van der Waals surface area contributed by atoms with Crippen LogP contribution in [0.5, 0.6) is 17.2 Å². The van der Waals surface area contributed by atoms with E-state index in [1.165, 1.54) is 19.8 Å². The van der Waals surface area contributed by atoms with Crippen molar-refractivity contribution < 1.29 is 23.7 Å². The highest BCUT2D eigenvalue weighted by molar-refractivity contribution is 6.11. The minimum atomic E-state index is -0.527. The van der Waals surface area contributed by atoms with Crippen molar-refractivity contribution in [2.75, 3.05) is 21.3 Å². The number of carbonyl (C=O) groups is 1.